The van der Waals surface area contributed by atoms with E-state index in [9.17, 15) is 18.0 Å². The van der Waals surface area contributed by atoms with Crippen molar-refractivity contribution in [3.05, 3.63) is 131 Å². The van der Waals surface area contributed by atoms with Crippen molar-refractivity contribution in [2.75, 3.05) is 10.8 Å². The number of nitrogens with zero attached hydrogens (tertiary/aromatic N) is 2. The number of rotatable bonds is 12. The van der Waals surface area contributed by atoms with Gasteiger partial charge in [-0.3, -0.25) is 13.9 Å². The van der Waals surface area contributed by atoms with E-state index in [0.29, 0.717) is 10.7 Å². The van der Waals surface area contributed by atoms with Crippen molar-refractivity contribution in [3.8, 4) is 0 Å². The van der Waals surface area contributed by atoms with Crippen molar-refractivity contribution in [1.82, 2.24) is 10.2 Å². The largest absolute Gasteiger partial charge is 0.352 e. The summed E-state index contributed by atoms with van der Waals surface area (Å²) < 4.78 is 29.1. The van der Waals surface area contributed by atoms with Gasteiger partial charge in [0.05, 0.1) is 10.6 Å². The molecule has 43 heavy (non-hydrogen) atoms. The SMILES string of the molecule is Cc1ccc(S(=O)(=O)N(CC(=O)N(Cc2ccc(Cl)cc2)C(Cc2ccccc2)C(=O)NC(C)C)c2ccccc2)cc1. The number of para-hydroxylation sites is 1. The molecule has 0 aromatic heterocycles. The zero-order valence-electron chi connectivity index (χ0n) is 24.5. The molecule has 9 heteroatoms. The molecule has 4 rings (SSSR count). The molecule has 0 aliphatic carbocycles. The van der Waals surface area contributed by atoms with Gasteiger partial charge in [0.15, 0.2) is 0 Å². The van der Waals surface area contributed by atoms with Crippen LogP contribution >= 0.6 is 11.6 Å². The Kier molecular flexibility index (Phi) is 10.6. The second-order valence-electron chi connectivity index (χ2n) is 10.7. The van der Waals surface area contributed by atoms with Crippen LogP contribution in [0.25, 0.3) is 0 Å². The Hall–Kier alpha value is -4.14. The van der Waals surface area contributed by atoms with E-state index in [4.69, 9.17) is 11.6 Å². The Morgan fingerprint density at radius 1 is 0.791 bits per heavy atom. The highest BCUT2D eigenvalue weighted by atomic mass is 35.5. The Balaban J connectivity index is 1.78. The third-order valence-electron chi connectivity index (χ3n) is 6.90. The molecule has 0 saturated carbocycles. The maximum Gasteiger partial charge on any atom is 0.264 e. The topological polar surface area (TPSA) is 86.8 Å². The molecule has 0 aliphatic rings. The number of benzene rings is 4. The Morgan fingerprint density at radius 2 is 1.37 bits per heavy atom. The minimum Gasteiger partial charge on any atom is -0.352 e. The summed E-state index contributed by atoms with van der Waals surface area (Å²) >= 11 is 6.13. The quantitative estimate of drug-likeness (QED) is 0.211. The van der Waals surface area contributed by atoms with Gasteiger partial charge in [-0.1, -0.05) is 90.0 Å². The smallest absolute Gasteiger partial charge is 0.264 e. The van der Waals surface area contributed by atoms with E-state index in [1.165, 1.54) is 17.0 Å². The van der Waals surface area contributed by atoms with E-state index in [0.717, 1.165) is 21.0 Å². The van der Waals surface area contributed by atoms with Crippen LogP contribution in [0.1, 0.15) is 30.5 Å². The Labute approximate surface area is 259 Å². The minimum atomic E-state index is -4.13. The van der Waals surface area contributed by atoms with Crippen LogP contribution < -0.4 is 9.62 Å². The van der Waals surface area contributed by atoms with E-state index in [-0.39, 0.29) is 29.8 Å². The molecule has 1 N–H and O–H groups in total. The molecule has 0 aliphatic heterocycles. The van der Waals surface area contributed by atoms with Crippen molar-refractivity contribution in [3.63, 3.8) is 0 Å². The van der Waals surface area contributed by atoms with Crippen LogP contribution in [0.3, 0.4) is 0 Å². The molecule has 7 nitrogen and oxygen atoms in total. The first kappa shape index (κ1) is 31.8. The summed E-state index contributed by atoms with van der Waals surface area (Å²) in [5.41, 5.74) is 2.87. The lowest BCUT2D eigenvalue weighted by Gasteiger charge is -2.34. The fourth-order valence-electron chi connectivity index (χ4n) is 4.68. The molecule has 1 atom stereocenters. The normalized spacial score (nSPS) is 12.0. The van der Waals surface area contributed by atoms with Crippen LogP contribution in [-0.2, 0) is 32.6 Å². The summed E-state index contributed by atoms with van der Waals surface area (Å²) in [5, 5.41) is 3.50. The number of aryl methyl sites for hydroxylation is 1. The number of anilines is 1. The molecular weight excluding hydrogens is 582 g/mol. The summed E-state index contributed by atoms with van der Waals surface area (Å²) in [6, 6.07) is 30.4. The summed E-state index contributed by atoms with van der Waals surface area (Å²) in [6.45, 7) is 5.15. The van der Waals surface area contributed by atoms with Gasteiger partial charge in [-0.15, -0.1) is 0 Å². The summed E-state index contributed by atoms with van der Waals surface area (Å²) in [4.78, 5) is 29.6. The summed E-state index contributed by atoms with van der Waals surface area (Å²) in [5.74, 6) is -0.844. The van der Waals surface area contributed by atoms with Gasteiger partial charge in [0, 0.05) is 24.0 Å². The molecule has 2 amide bonds. The van der Waals surface area contributed by atoms with Gasteiger partial charge in [0.25, 0.3) is 10.0 Å². The highest BCUT2D eigenvalue weighted by Gasteiger charge is 2.34. The molecule has 0 bridgehead atoms. The maximum absolute atomic E-state index is 14.4. The van der Waals surface area contributed by atoms with E-state index < -0.39 is 28.5 Å². The molecule has 0 saturated heterocycles. The first-order chi connectivity index (χ1) is 20.5. The summed E-state index contributed by atoms with van der Waals surface area (Å²) in [6.07, 6.45) is 0.245. The van der Waals surface area contributed by atoms with Crippen LogP contribution in [0.4, 0.5) is 5.69 Å². The van der Waals surface area contributed by atoms with Gasteiger partial charge < -0.3 is 10.2 Å². The first-order valence-corrected chi connectivity index (χ1v) is 15.9. The molecule has 4 aromatic carbocycles. The van der Waals surface area contributed by atoms with Gasteiger partial charge in [-0.2, -0.15) is 0 Å². The highest BCUT2D eigenvalue weighted by molar-refractivity contribution is 7.92. The fraction of sp³-hybridized carbons (Fsp3) is 0.235. The lowest BCUT2D eigenvalue weighted by atomic mass is 10.0. The molecule has 0 heterocycles. The number of amides is 2. The summed E-state index contributed by atoms with van der Waals surface area (Å²) in [7, 11) is -4.13. The van der Waals surface area contributed by atoms with Gasteiger partial charge in [-0.25, -0.2) is 8.42 Å². The standard InChI is InChI=1S/C34H36ClN3O4S/c1-25(2)36-34(40)32(22-27-10-6-4-7-11-27)37(23-28-16-18-29(35)19-17-28)33(39)24-38(30-12-8-5-9-13-30)43(41,42)31-20-14-26(3)15-21-31/h4-21,25,32H,22-24H2,1-3H3,(H,36,40). The minimum absolute atomic E-state index is 0.0670. The van der Waals surface area contributed by atoms with Gasteiger partial charge in [0.1, 0.15) is 12.6 Å². The zero-order chi connectivity index (χ0) is 31.0. The van der Waals surface area contributed by atoms with Crippen molar-refractivity contribution in [1.29, 1.82) is 0 Å². The van der Waals surface area contributed by atoms with Crippen LogP contribution in [0.5, 0.6) is 0 Å². The third-order valence-corrected chi connectivity index (χ3v) is 8.94. The average Bonchev–Trinajstić information content (AvgIpc) is 2.99. The molecule has 0 radical (unpaired) electrons. The molecule has 1 unspecified atom stereocenters. The Bertz CT molecular complexity index is 1610. The van der Waals surface area contributed by atoms with Crippen molar-refractivity contribution < 1.29 is 18.0 Å². The van der Waals surface area contributed by atoms with E-state index in [1.54, 1.807) is 66.7 Å². The van der Waals surface area contributed by atoms with Crippen molar-refractivity contribution in [2.45, 2.75) is 50.7 Å². The van der Waals surface area contributed by atoms with Crippen molar-refractivity contribution in [2.24, 2.45) is 0 Å². The van der Waals surface area contributed by atoms with Gasteiger partial charge >= 0.3 is 0 Å². The molecule has 0 fully saturated rings. The number of carbonyl (C=O) groups is 2. The maximum atomic E-state index is 14.4. The van der Waals surface area contributed by atoms with E-state index >= 15 is 0 Å². The fourth-order valence-corrected chi connectivity index (χ4v) is 6.22. The second kappa shape index (κ2) is 14.4. The first-order valence-electron chi connectivity index (χ1n) is 14.1. The number of halogens is 1. The molecule has 224 valence electrons. The Morgan fingerprint density at radius 3 is 1.95 bits per heavy atom. The third kappa shape index (κ3) is 8.46. The van der Waals surface area contributed by atoms with Crippen LogP contribution in [0, 0.1) is 6.92 Å². The number of nitrogens with one attached hydrogen (secondary N) is 1. The number of hydrogen-bond acceptors (Lipinski definition) is 4. The molecule has 0 spiro atoms. The lowest BCUT2D eigenvalue weighted by molar-refractivity contribution is -0.140. The number of sulfonamides is 1. The molecular formula is C34H36ClN3O4S. The number of hydrogen-bond donors (Lipinski definition) is 1. The van der Waals surface area contributed by atoms with E-state index in [1.807, 2.05) is 51.1 Å². The highest BCUT2D eigenvalue weighted by Crippen LogP contribution is 2.25. The van der Waals surface area contributed by atoms with Crippen molar-refractivity contribution >= 4 is 39.1 Å². The van der Waals surface area contributed by atoms with E-state index in [2.05, 4.69) is 5.32 Å². The number of carbonyl (C=O) groups excluding carboxylic acids is 2. The van der Waals surface area contributed by atoms with Gasteiger partial charge in [-0.05, 0) is 68.3 Å². The lowest BCUT2D eigenvalue weighted by Crippen LogP contribution is -2.54. The van der Waals surface area contributed by atoms with Gasteiger partial charge in [0.2, 0.25) is 11.8 Å². The van der Waals surface area contributed by atoms with Crippen LogP contribution in [-0.4, -0.2) is 43.8 Å². The zero-order valence-corrected chi connectivity index (χ0v) is 26.1. The van der Waals surface area contributed by atoms with Crippen LogP contribution in [0.2, 0.25) is 5.02 Å². The predicted molar refractivity (Wildman–Crippen MR) is 171 cm³/mol. The molecule has 4 aromatic rings. The second-order valence-corrected chi connectivity index (χ2v) is 13.0. The predicted octanol–water partition coefficient (Wildman–Crippen LogP) is 6.01. The monoisotopic (exact) mass is 617 g/mol. The average molecular weight is 618 g/mol. The van der Waals surface area contributed by atoms with Crippen LogP contribution in [0.15, 0.2) is 114 Å².